The monoisotopic (exact) mass is 276 g/mol. The number of carbonyl (C=O) groups is 1. The highest BCUT2D eigenvalue weighted by molar-refractivity contribution is 5.89. The molecule has 0 radical (unpaired) electrons. The van der Waals surface area contributed by atoms with Crippen LogP contribution in [0.4, 0.5) is 19.3 Å². The van der Waals surface area contributed by atoms with E-state index in [1.165, 1.54) is 6.07 Å². The largest absolute Gasteiger partial charge is 0.331 e. The number of urea groups is 1. The molecule has 0 fully saturated rings. The van der Waals surface area contributed by atoms with Crippen LogP contribution in [0.15, 0.2) is 48.5 Å². The number of carbonyl (C=O) groups excluding carboxylic acids is 1. The van der Waals surface area contributed by atoms with Gasteiger partial charge < -0.3 is 10.6 Å². The van der Waals surface area contributed by atoms with E-state index in [1.807, 2.05) is 37.3 Å². The number of rotatable bonds is 3. The minimum absolute atomic E-state index is 0.193. The first-order valence-corrected chi connectivity index (χ1v) is 6.14. The van der Waals surface area contributed by atoms with Crippen LogP contribution < -0.4 is 10.6 Å². The lowest BCUT2D eigenvalue weighted by atomic mass is 10.1. The summed E-state index contributed by atoms with van der Waals surface area (Å²) in [5.74, 6) is -1.95. The Balaban J connectivity index is 1.97. The van der Waals surface area contributed by atoms with Gasteiger partial charge in [0, 0.05) is 11.8 Å². The van der Waals surface area contributed by atoms with Gasteiger partial charge in [0.1, 0.15) is 0 Å². The fourth-order valence-electron chi connectivity index (χ4n) is 1.76. The molecule has 0 unspecified atom stereocenters. The Kier molecular flexibility index (Phi) is 4.30. The van der Waals surface area contributed by atoms with Crippen molar-refractivity contribution in [3.05, 3.63) is 65.7 Å². The lowest BCUT2D eigenvalue weighted by Crippen LogP contribution is -2.31. The molecule has 0 saturated carbocycles. The molecule has 0 aliphatic heterocycles. The van der Waals surface area contributed by atoms with Crippen LogP contribution in [0.2, 0.25) is 0 Å². The zero-order chi connectivity index (χ0) is 14.5. The van der Waals surface area contributed by atoms with Gasteiger partial charge in [-0.05, 0) is 24.6 Å². The van der Waals surface area contributed by atoms with Gasteiger partial charge in [-0.25, -0.2) is 13.6 Å². The fourth-order valence-corrected chi connectivity index (χ4v) is 1.76. The molecule has 2 aromatic carbocycles. The van der Waals surface area contributed by atoms with Crippen LogP contribution in [-0.4, -0.2) is 6.03 Å². The number of hydrogen-bond acceptors (Lipinski definition) is 1. The van der Waals surface area contributed by atoms with Crippen molar-refractivity contribution in [1.29, 1.82) is 0 Å². The number of nitrogens with one attached hydrogen (secondary N) is 2. The molecule has 0 bridgehead atoms. The van der Waals surface area contributed by atoms with Crippen molar-refractivity contribution >= 4 is 11.7 Å². The van der Waals surface area contributed by atoms with Crippen molar-refractivity contribution in [2.24, 2.45) is 0 Å². The average molecular weight is 276 g/mol. The minimum Gasteiger partial charge on any atom is -0.331 e. The van der Waals surface area contributed by atoms with E-state index in [4.69, 9.17) is 0 Å². The lowest BCUT2D eigenvalue weighted by molar-refractivity contribution is 0.249. The van der Waals surface area contributed by atoms with Gasteiger partial charge in [-0.1, -0.05) is 30.3 Å². The van der Waals surface area contributed by atoms with Crippen LogP contribution in [0.1, 0.15) is 18.5 Å². The number of benzene rings is 2. The first-order valence-electron chi connectivity index (χ1n) is 6.14. The van der Waals surface area contributed by atoms with E-state index in [1.54, 1.807) is 0 Å². The van der Waals surface area contributed by atoms with Gasteiger partial charge in [-0.15, -0.1) is 0 Å². The van der Waals surface area contributed by atoms with E-state index >= 15 is 0 Å². The second-order valence-electron chi connectivity index (χ2n) is 4.36. The maximum Gasteiger partial charge on any atom is 0.319 e. The van der Waals surface area contributed by atoms with Crippen molar-refractivity contribution in [3.8, 4) is 0 Å². The summed E-state index contributed by atoms with van der Waals surface area (Å²) >= 11 is 0. The Morgan fingerprint density at radius 2 is 1.75 bits per heavy atom. The van der Waals surface area contributed by atoms with Crippen LogP contribution in [0.25, 0.3) is 0 Å². The van der Waals surface area contributed by atoms with Gasteiger partial charge >= 0.3 is 6.03 Å². The summed E-state index contributed by atoms with van der Waals surface area (Å²) in [6.07, 6.45) is 0. The van der Waals surface area contributed by atoms with E-state index in [2.05, 4.69) is 10.6 Å². The quantitative estimate of drug-likeness (QED) is 0.878. The standard InChI is InChI=1S/C15H14F2N2O/c1-10(11-5-3-2-4-6-11)18-15(20)19-12-7-8-13(16)14(17)9-12/h2-10H,1H3,(H2,18,19,20)/t10-/m0/s1. The van der Waals surface area contributed by atoms with Gasteiger partial charge in [-0.2, -0.15) is 0 Å². The van der Waals surface area contributed by atoms with Crippen LogP contribution >= 0.6 is 0 Å². The summed E-state index contributed by atoms with van der Waals surface area (Å²) in [5, 5.41) is 5.17. The Morgan fingerprint density at radius 1 is 1.05 bits per heavy atom. The molecule has 0 heterocycles. The highest BCUT2D eigenvalue weighted by Gasteiger charge is 2.10. The third-order valence-electron chi connectivity index (χ3n) is 2.82. The van der Waals surface area contributed by atoms with Gasteiger partial charge in [0.25, 0.3) is 0 Å². The summed E-state index contributed by atoms with van der Waals surface area (Å²) in [7, 11) is 0. The SMILES string of the molecule is C[C@H](NC(=O)Nc1ccc(F)c(F)c1)c1ccccc1. The number of halogens is 2. The Hall–Kier alpha value is -2.43. The van der Waals surface area contributed by atoms with E-state index in [9.17, 15) is 13.6 Å². The predicted molar refractivity (Wildman–Crippen MR) is 73.4 cm³/mol. The molecule has 1 atom stereocenters. The summed E-state index contributed by atoms with van der Waals surface area (Å²) in [6.45, 7) is 1.83. The van der Waals surface area contributed by atoms with Crippen LogP contribution in [-0.2, 0) is 0 Å². The third kappa shape index (κ3) is 3.54. The second kappa shape index (κ2) is 6.14. The number of hydrogen-bond donors (Lipinski definition) is 2. The first kappa shape index (κ1) is 14.0. The molecule has 104 valence electrons. The highest BCUT2D eigenvalue weighted by Crippen LogP contribution is 2.14. The highest BCUT2D eigenvalue weighted by atomic mass is 19.2. The van der Waals surface area contributed by atoms with Crippen molar-refractivity contribution in [2.45, 2.75) is 13.0 Å². The molecule has 2 rings (SSSR count). The van der Waals surface area contributed by atoms with Gasteiger partial charge in [-0.3, -0.25) is 0 Å². The molecule has 0 aromatic heterocycles. The summed E-state index contributed by atoms with van der Waals surface area (Å²) < 4.78 is 25.8. The van der Waals surface area contributed by atoms with Gasteiger partial charge in [0.05, 0.1) is 6.04 Å². The predicted octanol–water partition coefficient (Wildman–Crippen LogP) is 3.85. The van der Waals surface area contributed by atoms with Gasteiger partial charge in [0.2, 0.25) is 0 Å². The Labute approximate surface area is 115 Å². The number of amides is 2. The zero-order valence-corrected chi connectivity index (χ0v) is 10.9. The van der Waals surface area contributed by atoms with Gasteiger partial charge in [0.15, 0.2) is 11.6 Å². The lowest BCUT2D eigenvalue weighted by Gasteiger charge is -2.15. The third-order valence-corrected chi connectivity index (χ3v) is 2.82. The van der Waals surface area contributed by atoms with E-state index in [0.717, 1.165) is 17.7 Å². The maximum absolute atomic E-state index is 13.0. The molecule has 0 aliphatic rings. The zero-order valence-electron chi connectivity index (χ0n) is 10.9. The van der Waals surface area contributed by atoms with Crippen LogP contribution in [0.5, 0.6) is 0 Å². The molecular formula is C15H14F2N2O. The summed E-state index contributed by atoms with van der Waals surface area (Å²) in [6, 6.07) is 11.9. The summed E-state index contributed by atoms with van der Waals surface area (Å²) in [5.41, 5.74) is 1.15. The number of anilines is 1. The van der Waals surface area contributed by atoms with E-state index in [0.29, 0.717) is 0 Å². The average Bonchev–Trinajstić information content (AvgIpc) is 2.44. The normalized spacial score (nSPS) is 11.8. The fraction of sp³-hybridized carbons (Fsp3) is 0.133. The maximum atomic E-state index is 13.0. The molecule has 2 amide bonds. The van der Waals surface area contributed by atoms with Crippen LogP contribution in [0, 0.1) is 11.6 Å². The molecule has 0 saturated heterocycles. The summed E-state index contributed by atoms with van der Waals surface area (Å²) in [4.78, 5) is 11.8. The van der Waals surface area contributed by atoms with E-state index < -0.39 is 17.7 Å². The Bertz CT molecular complexity index is 602. The van der Waals surface area contributed by atoms with Crippen molar-refractivity contribution in [3.63, 3.8) is 0 Å². The smallest absolute Gasteiger partial charge is 0.319 e. The van der Waals surface area contributed by atoms with Crippen LogP contribution in [0.3, 0.4) is 0 Å². The van der Waals surface area contributed by atoms with E-state index in [-0.39, 0.29) is 11.7 Å². The molecular weight excluding hydrogens is 262 g/mol. The minimum atomic E-state index is -1.00. The van der Waals surface area contributed by atoms with Crippen molar-refractivity contribution < 1.29 is 13.6 Å². The first-order chi connectivity index (χ1) is 9.56. The molecule has 2 aromatic rings. The molecule has 3 nitrogen and oxygen atoms in total. The molecule has 2 N–H and O–H groups in total. The molecule has 20 heavy (non-hydrogen) atoms. The molecule has 5 heteroatoms. The second-order valence-corrected chi connectivity index (χ2v) is 4.36. The topological polar surface area (TPSA) is 41.1 Å². The Morgan fingerprint density at radius 3 is 2.40 bits per heavy atom. The molecule has 0 aliphatic carbocycles. The van der Waals surface area contributed by atoms with Crippen molar-refractivity contribution in [1.82, 2.24) is 5.32 Å². The molecule has 0 spiro atoms. The van der Waals surface area contributed by atoms with Crippen molar-refractivity contribution in [2.75, 3.05) is 5.32 Å².